The number of phenolic OH excluding ortho intramolecular Hbond substituents is 1. The van der Waals surface area contributed by atoms with E-state index in [0.29, 0.717) is 11.3 Å². The minimum absolute atomic E-state index is 0.237. The van der Waals surface area contributed by atoms with Crippen molar-refractivity contribution in [3.8, 4) is 28.5 Å². The van der Waals surface area contributed by atoms with Crippen molar-refractivity contribution in [1.82, 2.24) is 10.2 Å². The maximum atomic E-state index is 10.6. The molecule has 0 spiro atoms. The van der Waals surface area contributed by atoms with Gasteiger partial charge in [-0.25, -0.2) is 0 Å². The van der Waals surface area contributed by atoms with Gasteiger partial charge in [-0.05, 0) is 29.7 Å². The first-order valence-corrected chi connectivity index (χ1v) is 8.05. The van der Waals surface area contributed by atoms with Crippen LogP contribution in [-0.4, -0.2) is 15.3 Å². The average molecular weight is 326 g/mol. The Morgan fingerprint density at radius 3 is 2.52 bits per heavy atom. The molecule has 25 heavy (non-hydrogen) atoms. The molecule has 3 aromatic carbocycles. The lowest BCUT2D eigenvalue weighted by Gasteiger charge is -2.05. The number of rotatable bonds is 2. The number of hydrogen-bond donors (Lipinski definition) is 2. The number of fused-ring (bicyclic) bond motifs is 2. The van der Waals surface area contributed by atoms with Gasteiger partial charge in [-0.2, -0.15) is 5.10 Å². The zero-order chi connectivity index (χ0) is 16.8. The van der Waals surface area contributed by atoms with Gasteiger partial charge in [-0.15, -0.1) is 0 Å². The lowest BCUT2D eigenvalue weighted by atomic mass is 10.0. The minimum atomic E-state index is 0.237. The van der Waals surface area contributed by atoms with Crippen LogP contribution in [0.2, 0.25) is 0 Å². The van der Waals surface area contributed by atoms with E-state index < -0.39 is 0 Å². The van der Waals surface area contributed by atoms with Gasteiger partial charge in [-0.1, -0.05) is 48.5 Å². The monoisotopic (exact) mass is 326 g/mol. The first kappa shape index (κ1) is 13.9. The summed E-state index contributed by atoms with van der Waals surface area (Å²) in [4.78, 5) is 0. The first-order chi connectivity index (χ1) is 12.3. The van der Waals surface area contributed by atoms with Crippen LogP contribution in [0.4, 0.5) is 0 Å². The first-order valence-electron chi connectivity index (χ1n) is 8.05. The molecule has 2 N–H and O–H groups in total. The number of aromatic amines is 1. The number of nitrogens with one attached hydrogen (secondary N) is 1. The summed E-state index contributed by atoms with van der Waals surface area (Å²) in [6.07, 6.45) is 0. The van der Waals surface area contributed by atoms with Crippen molar-refractivity contribution in [3.63, 3.8) is 0 Å². The predicted molar refractivity (Wildman–Crippen MR) is 98.4 cm³/mol. The Bertz CT molecular complexity index is 1180. The third-order valence-corrected chi connectivity index (χ3v) is 4.45. The van der Waals surface area contributed by atoms with Crippen LogP contribution in [0.3, 0.4) is 0 Å². The second-order valence-electron chi connectivity index (χ2n) is 6.00. The quantitative estimate of drug-likeness (QED) is 0.460. The molecule has 0 atom stereocenters. The molecule has 5 rings (SSSR count). The summed E-state index contributed by atoms with van der Waals surface area (Å²) in [6, 6.07) is 23.4. The Morgan fingerprint density at radius 2 is 1.64 bits per heavy atom. The second-order valence-corrected chi connectivity index (χ2v) is 6.00. The highest BCUT2D eigenvalue weighted by molar-refractivity contribution is 5.94. The number of nitrogens with zero attached hydrogens (tertiary/aromatic N) is 1. The number of para-hydroxylation sites is 1. The SMILES string of the molecule is Oc1c(-c2cc(-c3cc4ccccc4o3)[nH]n2)ccc2ccccc12. The summed E-state index contributed by atoms with van der Waals surface area (Å²) >= 11 is 0. The maximum absolute atomic E-state index is 10.6. The lowest BCUT2D eigenvalue weighted by molar-refractivity contribution is 0.483. The number of H-pyrrole nitrogens is 1. The molecule has 4 heteroatoms. The van der Waals surface area contributed by atoms with E-state index in [4.69, 9.17) is 4.42 Å². The van der Waals surface area contributed by atoms with Gasteiger partial charge in [0, 0.05) is 16.3 Å². The number of phenols is 1. The van der Waals surface area contributed by atoms with Gasteiger partial charge in [0.2, 0.25) is 0 Å². The number of hydrogen-bond acceptors (Lipinski definition) is 3. The normalized spacial score (nSPS) is 11.4. The number of furan rings is 1. The molecular weight excluding hydrogens is 312 g/mol. The third-order valence-electron chi connectivity index (χ3n) is 4.45. The van der Waals surface area contributed by atoms with E-state index in [2.05, 4.69) is 10.2 Å². The highest BCUT2D eigenvalue weighted by atomic mass is 16.3. The van der Waals surface area contributed by atoms with Crippen LogP contribution in [0.15, 0.2) is 77.2 Å². The molecule has 0 aliphatic rings. The molecule has 0 radical (unpaired) electrons. The topological polar surface area (TPSA) is 62.1 Å². The van der Waals surface area contributed by atoms with Gasteiger partial charge >= 0.3 is 0 Å². The Hall–Kier alpha value is -3.53. The Labute approximate surface area is 143 Å². The van der Waals surface area contributed by atoms with Crippen molar-refractivity contribution in [2.45, 2.75) is 0 Å². The molecule has 0 unspecified atom stereocenters. The molecule has 0 saturated carbocycles. The fraction of sp³-hybridized carbons (Fsp3) is 0. The van der Waals surface area contributed by atoms with Gasteiger partial charge in [0.25, 0.3) is 0 Å². The summed E-state index contributed by atoms with van der Waals surface area (Å²) in [5.41, 5.74) is 2.98. The molecule has 0 aliphatic carbocycles. The van der Waals surface area contributed by atoms with Crippen molar-refractivity contribution < 1.29 is 9.52 Å². The van der Waals surface area contributed by atoms with Crippen LogP contribution in [0.5, 0.6) is 5.75 Å². The molecule has 5 aromatic rings. The highest BCUT2D eigenvalue weighted by Crippen LogP contribution is 2.36. The molecule has 0 amide bonds. The van der Waals surface area contributed by atoms with Gasteiger partial charge in [0.15, 0.2) is 5.76 Å². The molecule has 2 heterocycles. The molecule has 0 aliphatic heterocycles. The molecule has 0 bridgehead atoms. The zero-order valence-corrected chi connectivity index (χ0v) is 13.2. The summed E-state index contributed by atoms with van der Waals surface area (Å²) in [5.74, 6) is 0.959. The highest BCUT2D eigenvalue weighted by Gasteiger charge is 2.14. The van der Waals surface area contributed by atoms with E-state index in [1.165, 1.54) is 0 Å². The van der Waals surface area contributed by atoms with Crippen LogP contribution in [0.1, 0.15) is 0 Å². The molecular formula is C21H14N2O2. The molecule has 0 saturated heterocycles. The van der Waals surface area contributed by atoms with Crippen LogP contribution in [-0.2, 0) is 0 Å². The Morgan fingerprint density at radius 1 is 0.840 bits per heavy atom. The maximum Gasteiger partial charge on any atom is 0.153 e. The van der Waals surface area contributed by atoms with Gasteiger partial charge in [-0.3, -0.25) is 5.10 Å². The van der Waals surface area contributed by atoms with Crippen molar-refractivity contribution in [2.24, 2.45) is 0 Å². The van der Waals surface area contributed by atoms with E-state index in [-0.39, 0.29) is 5.75 Å². The summed E-state index contributed by atoms with van der Waals surface area (Å²) in [6.45, 7) is 0. The van der Waals surface area contributed by atoms with Crippen LogP contribution >= 0.6 is 0 Å². The molecule has 2 aromatic heterocycles. The Kier molecular flexibility index (Phi) is 2.91. The van der Waals surface area contributed by atoms with Gasteiger partial charge in [0.1, 0.15) is 17.0 Å². The van der Waals surface area contributed by atoms with Crippen molar-refractivity contribution >= 4 is 21.7 Å². The van der Waals surface area contributed by atoms with Crippen LogP contribution in [0.25, 0.3) is 44.5 Å². The molecule has 120 valence electrons. The smallest absolute Gasteiger partial charge is 0.153 e. The van der Waals surface area contributed by atoms with Gasteiger partial charge in [0.05, 0.1) is 5.69 Å². The largest absolute Gasteiger partial charge is 0.507 e. The van der Waals surface area contributed by atoms with E-state index in [0.717, 1.165) is 33.2 Å². The standard InChI is InChI=1S/C21H14N2O2/c24-21-15-7-3-1-5-13(15)9-10-16(21)17-12-18(23-22-17)20-11-14-6-2-4-8-19(14)25-20/h1-12,24H,(H,22,23). The van der Waals surface area contributed by atoms with Crippen LogP contribution in [0, 0.1) is 0 Å². The molecule has 4 nitrogen and oxygen atoms in total. The average Bonchev–Trinajstić information content (AvgIpc) is 3.29. The number of benzene rings is 3. The zero-order valence-electron chi connectivity index (χ0n) is 13.2. The fourth-order valence-corrected chi connectivity index (χ4v) is 3.16. The van der Waals surface area contributed by atoms with Crippen LogP contribution < -0.4 is 0 Å². The number of aromatic hydroxyl groups is 1. The number of aromatic nitrogens is 2. The van der Waals surface area contributed by atoms with E-state index in [1.54, 1.807) is 0 Å². The molecule has 0 fully saturated rings. The summed E-state index contributed by atoms with van der Waals surface area (Å²) in [7, 11) is 0. The van der Waals surface area contributed by atoms with E-state index in [9.17, 15) is 5.11 Å². The fourth-order valence-electron chi connectivity index (χ4n) is 3.16. The van der Waals surface area contributed by atoms with Crippen molar-refractivity contribution in [1.29, 1.82) is 0 Å². The summed E-state index contributed by atoms with van der Waals surface area (Å²) in [5, 5.41) is 20.8. The minimum Gasteiger partial charge on any atom is -0.507 e. The van der Waals surface area contributed by atoms with Crippen molar-refractivity contribution in [3.05, 3.63) is 72.8 Å². The third kappa shape index (κ3) is 2.19. The lowest BCUT2D eigenvalue weighted by Crippen LogP contribution is -1.81. The Balaban J connectivity index is 1.61. The van der Waals surface area contributed by atoms with E-state index >= 15 is 0 Å². The summed E-state index contributed by atoms with van der Waals surface area (Å²) < 4.78 is 5.87. The van der Waals surface area contributed by atoms with E-state index in [1.807, 2.05) is 72.8 Å². The van der Waals surface area contributed by atoms with Crippen molar-refractivity contribution in [2.75, 3.05) is 0 Å². The second kappa shape index (κ2) is 5.24. The van der Waals surface area contributed by atoms with Gasteiger partial charge < -0.3 is 9.52 Å². The predicted octanol–water partition coefficient (Wildman–Crippen LogP) is 5.35.